The summed E-state index contributed by atoms with van der Waals surface area (Å²) in [5, 5.41) is 2.64. The number of benzene rings is 1. The van der Waals surface area contributed by atoms with Crippen molar-refractivity contribution in [1.29, 1.82) is 0 Å². The molecule has 0 unspecified atom stereocenters. The Morgan fingerprint density at radius 2 is 2.00 bits per heavy atom. The second-order valence-corrected chi connectivity index (χ2v) is 5.32. The molecule has 7 heteroatoms. The molecule has 0 aliphatic heterocycles. The molecule has 4 nitrogen and oxygen atoms in total. The maximum Gasteiger partial charge on any atom is 0.275 e. The summed E-state index contributed by atoms with van der Waals surface area (Å²) < 4.78 is 5.57. The fourth-order valence-corrected chi connectivity index (χ4v) is 2.80. The number of ether oxygens (including phenoxy) is 1. The van der Waals surface area contributed by atoms with Gasteiger partial charge < -0.3 is 4.74 Å². The Hall–Kier alpha value is -1.27. The molecular weight excluding hydrogens is 307 g/mol. The van der Waals surface area contributed by atoms with Gasteiger partial charge in [-0.2, -0.15) is 0 Å². The highest BCUT2D eigenvalue weighted by molar-refractivity contribution is 7.12. The number of rotatable bonds is 4. The Bertz CT molecular complexity index is 581. The van der Waals surface area contributed by atoms with E-state index in [1.165, 1.54) is 11.3 Å². The molecule has 1 aromatic carbocycles. The second kappa shape index (κ2) is 6.25. The number of nitrogens with one attached hydrogen (secondary N) is 1. The predicted molar refractivity (Wildman–Crippen MR) is 76.8 cm³/mol. The van der Waals surface area contributed by atoms with Crippen LogP contribution in [0.25, 0.3) is 0 Å². The van der Waals surface area contributed by atoms with Crippen molar-refractivity contribution in [2.75, 3.05) is 0 Å². The molecule has 0 spiro atoms. The third kappa shape index (κ3) is 3.19. The van der Waals surface area contributed by atoms with Crippen LogP contribution in [0.3, 0.4) is 0 Å². The normalized spacial score (nSPS) is 10.3. The number of hydrogen-bond donors (Lipinski definition) is 2. The van der Waals surface area contributed by atoms with Crippen LogP contribution in [0, 0.1) is 0 Å². The number of nitrogen functional groups attached to an aromatic ring is 1. The number of para-hydroxylation sites is 1. The van der Waals surface area contributed by atoms with E-state index in [1.54, 1.807) is 29.6 Å². The van der Waals surface area contributed by atoms with Gasteiger partial charge in [-0.3, -0.25) is 10.2 Å². The van der Waals surface area contributed by atoms with Crippen LogP contribution < -0.4 is 16.0 Å². The number of thiophene rings is 1. The van der Waals surface area contributed by atoms with Crippen LogP contribution in [0.15, 0.2) is 29.6 Å². The van der Waals surface area contributed by atoms with Crippen molar-refractivity contribution < 1.29 is 9.53 Å². The first-order chi connectivity index (χ1) is 9.13. The highest BCUT2D eigenvalue weighted by Crippen LogP contribution is 2.33. The number of amides is 1. The second-order valence-electron chi connectivity index (χ2n) is 3.59. The van der Waals surface area contributed by atoms with Crippen molar-refractivity contribution in [3.63, 3.8) is 0 Å². The molecule has 0 saturated carbocycles. The minimum atomic E-state index is -0.348. The zero-order valence-electron chi connectivity index (χ0n) is 9.65. The highest BCUT2D eigenvalue weighted by atomic mass is 35.5. The SMILES string of the molecule is NNC(=O)c1sccc1COc1c(Cl)cccc1Cl. The smallest absolute Gasteiger partial charge is 0.275 e. The maximum absolute atomic E-state index is 11.5. The Kier molecular flexibility index (Phi) is 4.66. The summed E-state index contributed by atoms with van der Waals surface area (Å²) in [6, 6.07) is 6.89. The molecule has 2 aromatic rings. The maximum atomic E-state index is 11.5. The topological polar surface area (TPSA) is 64.3 Å². The first-order valence-electron chi connectivity index (χ1n) is 5.27. The van der Waals surface area contributed by atoms with E-state index >= 15 is 0 Å². The van der Waals surface area contributed by atoms with E-state index in [9.17, 15) is 4.79 Å². The number of hydrogen-bond acceptors (Lipinski definition) is 4. The summed E-state index contributed by atoms with van der Waals surface area (Å²) in [6.45, 7) is 0.190. The van der Waals surface area contributed by atoms with Crippen molar-refractivity contribution in [2.45, 2.75) is 6.61 Å². The molecule has 1 amide bonds. The molecule has 2 rings (SSSR count). The summed E-state index contributed by atoms with van der Waals surface area (Å²) in [6.07, 6.45) is 0. The van der Waals surface area contributed by atoms with Crippen LogP contribution in [0.1, 0.15) is 15.2 Å². The third-order valence-electron chi connectivity index (χ3n) is 2.38. The van der Waals surface area contributed by atoms with E-state index in [1.807, 2.05) is 0 Å². The highest BCUT2D eigenvalue weighted by Gasteiger charge is 2.14. The summed E-state index contributed by atoms with van der Waals surface area (Å²) in [4.78, 5) is 12.0. The molecule has 1 aromatic heterocycles. The van der Waals surface area contributed by atoms with Crippen LogP contribution in [-0.2, 0) is 6.61 Å². The van der Waals surface area contributed by atoms with Crippen molar-refractivity contribution in [3.8, 4) is 5.75 Å². The van der Waals surface area contributed by atoms with Crippen LogP contribution in [-0.4, -0.2) is 5.91 Å². The molecule has 3 N–H and O–H groups in total. The van der Waals surface area contributed by atoms with Crippen LogP contribution in [0.5, 0.6) is 5.75 Å². The van der Waals surface area contributed by atoms with E-state index in [0.29, 0.717) is 20.7 Å². The number of hydrazine groups is 1. The van der Waals surface area contributed by atoms with Gasteiger partial charge >= 0.3 is 0 Å². The lowest BCUT2D eigenvalue weighted by molar-refractivity contribution is 0.0955. The van der Waals surface area contributed by atoms with Gasteiger partial charge in [0.05, 0.1) is 14.9 Å². The summed E-state index contributed by atoms with van der Waals surface area (Å²) in [5.41, 5.74) is 2.82. The van der Waals surface area contributed by atoms with Gasteiger partial charge in [0, 0.05) is 5.56 Å². The van der Waals surface area contributed by atoms with E-state index in [-0.39, 0.29) is 12.5 Å². The summed E-state index contributed by atoms with van der Waals surface area (Å²) in [5.74, 6) is 5.16. The lowest BCUT2D eigenvalue weighted by Gasteiger charge is -2.09. The molecule has 0 aliphatic carbocycles. The number of carbonyl (C=O) groups excluding carboxylic acids is 1. The van der Waals surface area contributed by atoms with Crippen LogP contribution in [0.2, 0.25) is 10.0 Å². The Balaban J connectivity index is 2.15. The van der Waals surface area contributed by atoms with Gasteiger partial charge in [-0.25, -0.2) is 5.84 Å². The van der Waals surface area contributed by atoms with Crippen molar-refractivity contribution in [2.24, 2.45) is 5.84 Å². The third-order valence-corrected chi connectivity index (χ3v) is 3.93. The summed E-state index contributed by atoms with van der Waals surface area (Å²) >= 11 is 13.3. The molecule has 0 fully saturated rings. The summed E-state index contributed by atoms with van der Waals surface area (Å²) in [7, 11) is 0. The molecule has 0 radical (unpaired) electrons. The van der Waals surface area contributed by atoms with E-state index in [0.717, 1.165) is 5.56 Å². The molecule has 19 heavy (non-hydrogen) atoms. The van der Waals surface area contributed by atoms with E-state index in [4.69, 9.17) is 33.8 Å². The zero-order chi connectivity index (χ0) is 13.8. The van der Waals surface area contributed by atoms with Gasteiger partial charge in [0.2, 0.25) is 0 Å². The Morgan fingerprint density at radius 1 is 1.32 bits per heavy atom. The van der Waals surface area contributed by atoms with Gasteiger partial charge in [-0.1, -0.05) is 29.3 Å². The van der Waals surface area contributed by atoms with Crippen molar-refractivity contribution in [3.05, 3.63) is 50.1 Å². The minimum absolute atomic E-state index is 0.190. The predicted octanol–water partition coefficient (Wildman–Crippen LogP) is 3.24. The standard InChI is InChI=1S/C12H10Cl2N2O2S/c13-8-2-1-3-9(14)10(8)18-6-7-4-5-19-11(7)12(17)16-15/h1-5H,6,15H2,(H,16,17). The van der Waals surface area contributed by atoms with Gasteiger partial charge in [-0.15, -0.1) is 11.3 Å². The number of carbonyl (C=O) groups is 1. The Labute approximate surface area is 124 Å². The average molecular weight is 317 g/mol. The van der Waals surface area contributed by atoms with E-state index in [2.05, 4.69) is 5.43 Å². The van der Waals surface area contributed by atoms with Crippen LogP contribution >= 0.6 is 34.5 Å². The molecular formula is C12H10Cl2N2O2S. The average Bonchev–Trinajstić information content (AvgIpc) is 2.85. The number of nitrogens with two attached hydrogens (primary N) is 1. The number of halogens is 2. The van der Waals surface area contributed by atoms with Gasteiger partial charge in [0.15, 0.2) is 5.75 Å². The monoisotopic (exact) mass is 316 g/mol. The lowest BCUT2D eigenvalue weighted by Crippen LogP contribution is -2.30. The fraction of sp³-hybridized carbons (Fsp3) is 0.0833. The molecule has 0 aliphatic rings. The lowest BCUT2D eigenvalue weighted by atomic mass is 10.2. The molecule has 1 heterocycles. The molecule has 0 bridgehead atoms. The fourth-order valence-electron chi connectivity index (χ4n) is 1.48. The van der Waals surface area contributed by atoms with Gasteiger partial charge in [0.1, 0.15) is 6.61 Å². The van der Waals surface area contributed by atoms with Crippen molar-refractivity contribution >= 4 is 40.4 Å². The largest absolute Gasteiger partial charge is 0.486 e. The molecule has 0 saturated heterocycles. The molecule has 0 atom stereocenters. The quantitative estimate of drug-likeness (QED) is 0.517. The van der Waals surface area contributed by atoms with Gasteiger partial charge in [0.25, 0.3) is 5.91 Å². The van der Waals surface area contributed by atoms with E-state index < -0.39 is 0 Å². The molecule has 100 valence electrons. The first-order valence-corrected chi connectivity index (χ1v) is 6.91. The van der Waals surface area contributed by atoms with Crippen molar-refractivity contribution in [1.82, 2.24) is 5.43 Å². The minimum Gasteiger partial charge on any atom is -0.486 e. The Morgan fingerprint density at radius 3 is 2.63 bits per heavy atom. The van der Waals surface area contributed by atoms with Crippen LogP contribution in [0.4, 0.5) is 0 Å². The van der Waals surface area contributed by atoms with Gasteiger partial charge in [-0.05, 0) is 23.6 Å². The zero-order valence-corrected chi connectivity index (χ0v) is 12.0. The first kappa shape index (κ1) is 14.1.